The highest BCUT2D eigenvalue weighted by atomic mass is 15.5. The average Bonchev–Trinajstić information content (AvgIpc) is 3.51. The summed E-state index contributed by atoms with van der Waals surface area (Å²) in [6, 6.07) is 21.3. The molecule has 6 heteroatoms. The maximum atomic E-state index is 4.88. The van der Waals surface area contributed by atoms with E-state index in [-0.39, 0.29) is 0 Å². The second-order valence-corrected chi connectivity index (χ2v) is 8.21. The zero-order valence-electron chi connectivity index (χ0n) is 18.4. The van der Waals surface area contributed by atoms with Crippen LogP contribution < -0.4 is 0 Å². The third-order valence-electron chi connectivity index (χ3n) is 5.91. The summed E-state index contributed by atoms with van der Waals surface area (Å²) in [5.41, 5.74) is 9.21. The summed E-state index contributed by atoms with van der Waals surface area (Å²) in [6.07, 6.45) is 6.46. The summed E-state index contributed by atoms with van der Waals surface area (Å²) in [5.74, 6) is 0.672. The number of fused-ring (bicyclic) bond motifs is 1. The molecule has 5 rings (SSSR count). The number of hydrogen-bond donors (Lipinski definition) is 1. The van der Waals surface area contributed by atoms with E-state index in [2.05, 4.69) is 87.5 Å². The van der Waals surface area contributed by atoms with E-state index in [1.807, 2.05) is 18.2 Å². The molecule has 3 heterocycles. The van der Waals surface area contributed by atoms with E-state index in [1.54, 1.807) is 0 Å². The lowest BCUT2D eigenvalue weighted by molar-refractivity contribution is 0.781. The molecule has 1 N–H and O–H groups in total. The Morgan fingerprint density at radius 2 is 1.75 bits per heavy atom. The topological polar surface area (TPSA) is 71.8 Å². The lowest BCUT2D eigenvalue weighted by Crippen LogP contribution is -1.99. The van der Waals surface area contributed by atoms with Crippen molar-refractivity contribution in [2.75, 3.05) is 0 Å². The molecule has 32 heavy (non-hydrogen) atoms. The standard InChI is InChI=1S/C26H26N6/c1-3-4-7-21-17-32-22(15-10-18(2)26(32)27-21)16-19-11-13-20(14-12-19)23-8-5-6-9-24(23)25-28-30-31-29-25/h5-6,8-15,17H,3-4,7,16H2,1-2H3,(H,28,29,30,31). The second kappa shape index (κ2) is 8.75. The van der Waals surface area contributed by atoms with E-state index in [0.29, 0.717) is 5.82 Å². The monoisotopic (exact) mass is 422 g/mol. The predicted molar refractivity (Wildman–Crippen MR) is 126 cm³/mol. The molecule has 0 aliphatic heterocycles. The number of nitrogens with one attached hydrogen (secondary N) is 1. The molecule has 2 aromatic carbocycles. The van der Waals surface area contributed by atoms with Gasteiger partial charge in [-0.25, -0.2) is 10.1 Å². The first-order valence-electron chi connectivity index (χ1n) is 11.1. The lowest BCUT2D eigenvalue weighted by Gasteiger charge is -2.10. The molecule has 6 nitrogen and oxygen atoms in total. The summed E-state index contributed by atoms with van der Waals surface area (Å²) >= 11 is 0. The largest absolute Gasteiger partial charge is 0.303 e. The highest BCUT2D eigenvalue weighted by Gasteiger charge is 2.11. The number of rotatable bonds is 7. The van der Waals surface area contributed by atoms with Crippen LogP contribution in [0.15, 0.2) is 66.9 Å². The van der Waals surface area contributed by atoms with Gasteiger partial charge in [0.2, 0.25) is 0 Å². The van der Waals surface area contributed by atoms with Gasteiger partial charge in [-0.05, 0) is 58.5 Å². The number of tetrazole rings is 1. The van der Waals surface area contributed by atoms with Crippen LogP contribution in [0.4, 0.5) is 0 Å². The molecule has 3 aromatic heterocycles. The molecule has 0 aliphatic rings. The lowest BCUT2D eigenvalue weighted by atomic mass is 9.97. The molecule has 0 atom stereocenters. The van der Waals surface area contributed by atoms with E-state index < -0.39 is 0 Å². The van der Waals surface area contributed by atoms with Crippen molar-refractivity contribution in [3.05, 3.63) is 89.4 Å². The minimum Gasteiger partial charge on any atom is -0.303 e. The smallest absolute Gasteiger partial charge is 0.180 e. The Morgan fingerprint density at radius 1 is 0.938 bits per heavy atom. The molecule has 0 aliphatic carbocycles. The van der Waals surface area contributed by atoms with Crippen molar-refractivity contribution in [1.29, 1.82) is 0 Å². The van der Waals surface area contributed by atoms with Crippen molar-refractivity contribution in [1.82, 2.24) is 30.0 Å². The minimum atomic E-state index is 0.672. The summed E-state index contributed by atoms with van der Waals surface area (Å²) in [4.78, 5) is 4.88. The first-order valence-corrected chi connectivity index (χ1v) is 11.1. The average molecular weight is 423 g/mol. The van der Waals surface area contributed by atoms with Crippen LogP contribution in [0, 0.1) is 6.92 Å². The van der Waals surface area contributed by atoms with Crippen LogP contribution in [-0.4, -0.2) is 30.0 Å². The van der Waals surface area contributed by atoms with Crippen molar-refractivity contribution in [2.24, 2.45) is 0 Å². The van der Waals surface area contributed by atoms with Gasteiger partial charge in [-0.1, -0.05) is 67.9 Å². The fraction of sp³-hybridized carbons (Fsp3) is 0.231. The Morgan fingerprint density at radius 3 is 2.50 bits per heavy atom. The number of aromatic nitrogens is 6. The molecule has 0 radical (unpaired) electrons. The van der Waals surface area contributed by atoms with Gasteiger partial charge >= 0.3 is 0 Å². The molecule has 160 valence electrons. The maximum absolute atomic E-state index is 4.88. The molecule has 0 saturated carbocycles. The van der Waals surface area contributed by atoms with Gasteiger partial charge in [0.25, 0.3) is 0 Å². The van der Waals surface area contributed by atoms with Gasteiger partial charge in [0.15, 0.2) is 5.82 Å². The summed E-state index contributed by atoms with van der Waals surface area (Å²) < 4.78 is 2.26. The highest BCUT2D eigenvalue weighted by Crippen LogP contribution is 2.30. The fourth-order valence-electron chi connectivity index (χ4n) is 4.15. The van der Waals surface area contributed by atoms with Gasteiger partial charge in [-0.2, -0.15) is 0 Å². The quantitative estimate of drug-likeness (QED) is 0.380. The van der Waals surface area contributed by atoms with Gasteiger partial charge in [-0.15, -0.1) is 5.10 Å². The SMILES string of the molecule is CCCCc1cn2c(Cc3ccc(-c4ccccc4-c4nnn[nH]4)cc3)ccc(C)c2n1. The summed E-state index contributed by atoms with van der Waals surface area (Å²) in [6.45, 7) is 4.35. The fourth-order valence-corrected chi connectivity index (χ4v) is 4.15. The third kappa shape index (κ3) is 3.91. The van der Waals surface area contributed by atoms with E-state index in [9.17, 15) is 0 Å². The number of pyridine rings is 1. The Bertz CT molecular complexity index is 1330. The van der Waals surface area contributed by atoms with E-state index in [4.69, 9.17) is 4.98 Å². The van der Waals surface area contributed by atoms with Gasteiger partial charge in [-0.3, -0.25) is 0 Å². The van der Waals surface area contributed by atoms with Gasteiger partial charge in [0.1, 0.15) is 5.65 Å². The van der Waals surface area contributed by atoms with Gasteiger partial charge in [0.05, 0.1) is 5.69 Å². The number of aryl methyl sites for hydroxylation is 2. The highest BCUT2D eigenvalue weighted by molar-refractivity contribution is 5.80. The van der Waals surface area contributed by atoms with E-state index in [1.165, 1.54) is 35.4 Å². The Kier molecular flexibility index (Phi) is 5.50. The minimum absolute atomic E-state index is 0.672. The molecule has 0 amide bonds. The van der Waals surface area contributed by atoms with Crippen molar-refractivity contribution >= 4 is 5.65 Å². The molecule has 0 spiro atoms. The number of aromatic amines is 1. The molecular formula is C26H26N6. The molecule has 0 unspecified atom stereocenters. The van der Waals surface area contributed by atoms with Crippen molar-refractivity contribution in [3.8, 4) is 22.5 Å². The zero-order valence-corrected chi connectivity index (χ0v) is 18.4. The summed E-state index contributed by atoms with van der Waals surface area (Å²) in [5, 5.41) is 14.4. The number of H-pyrrole nitrogens is 1. The van der Waals surface area contributed by atoms with Gasteiger partial charge in [0, 0.05) is 23.9 Å². The van der Waals surface area contributed by atoms with Crippen LogP contribution in [0.3, 0.4) is 0 Å². The number of nitrogens with zero attached hydrogens (tertiary/aromatic N) is 5. The van der Waals surface area contributed by atoms with Crippen molar-refractivity contribution in [2.45, 2.75) is 39.5 Å². The number of hydrogen-bond acceptors (Lipinski definition) is 4. The first-order chi connectivity index (χ1) is 15.7. The Balaban J connectivity index is 1.43. The van der Waals surface area contributed by atoms with Crippen LogP contribution in [0.25, 0.3) is 28.2 Å². The molecule has 0 fully saturated rings. The Labute approximate surface area is 187 Å². The molecular weight excluding hydrogens is 396 g/mol. The van der Waals surface area contributed by atoms with Crippen molar-refractivity contribution in [3.63, 3.8) is 0 Å². The van der Waals surface area contributed by atoms with Crippen LogP contribution in [-0.2, 0) is 12.8 Å². The first kappa shape index (κ1) is 20.1. The number of unbranched alkanes of at least 4 members (excludes halogenated alkanes) is 1. The van der Waals surface area contributed by atoms with Crippen molar-refractivity contribution < 1.29 is 0 Å². The summed E-state index contributed by atoms with van der Waals surface area (Å²) in [7, 11) is 0. The van der Waals surface area contributed by atoms with Crippen LogP contribution in [0.2, 0.25) is 0 Å². The normalized spacial score (nSPS) is 11.3. The van der Waals surface area contributed by atoms with E-state index >= 15 is 0 Å². The number of benzene rings is 2. The second-order valence-electron chi connectivity index (χ2n) is 8.21. The van der Waals surface area contributed by atoms with Crippen LogP contribution in [0.1, 0.15) is 42.3 Å². The predicted octanol–water partition coefficient (Wildman–Crippen LogP) is 5.42. The maximum Gasteiger partial charge on any atom is 0.180 e. The van der Waals surface area contributed by atoms with Gasteiger partial charge < -0.3 is 4.40 Å². The molecule has 0 bridgehead atoms. The number of imidazole rings is 1. The van der Waals surface area contributed by atoms with Crippen LogP contribution >= 0.6 is 0 Å². The molecule has 0 saturated heterocycles. The van der Waals surface area contributed by atoms with Crippen LogP contribution in [0.5, 0.6) is 0 Å². The zero-order chi connectivity index (χ0) is 21.9. The Hall–Kier alpha value is -3.80. The van der Waals surface area contributed by atoms with E-state index in [0.717, 1.165) is 35.2 Å². The molecule has 5 aromatic rings. The third-order valence-corrected chi connectivity index (χ3v) is 5.91.